The molecule has 0 atom stereocenters. The molecule has 0 aliphatic carbocycles. The molecule has 0 saturated carbocycles. The molecule has 0 amide bonds. The van der Waals surface area contributed by atoms with Crippen LogP contribution in [0.25, 0.3) is 0 Å². The Morgan fingerprint density at radius 2 is 0.562 bits per heavy atom. The topological polar surface area (TPSA) is 18.5 Å². The van der Waals surface area contributed by atoms with Crippen LogP contribution < -0.4 is 19.8 Å². The average Bonchev–Trinajstić information content (AvgIpc) is 3.12. The van der Waals surface area contributed by atoms with E-state index in [1.54, 1.807) is 0 Å². The first-order chi connectivity index (χ1) is 23.7. The van der Waals surface area contributed by atoms with E-state index in [1.165, 1.54) is 190 Å². The lowest BCUT2D eigenvalue weighted by molar-refractivity contribution is 0.304. The van der Waals surface area contributed by atoms with Gasteiger partial charge in [0, 0.05) is 0 Å². The molecule has 3 heteroatoms. The van der Waals surface area contributed by atoms with Crippen LogP contribution in [0, 0.1) is 0 Å². The molecule has 0 unspecified atom stereocenters. The number of benzene rings is 2. The number of rotatable bonds is 34. The summed E-state index contributed by atoms with van der Waals surface area (Å²) in [5.74, 6) is 2.03. The van der Waals surface area contributed by atoms with Crippen molar-refractivity contribution in [3.8, 4) is 11.5 Å². The van der Waals surface area contributed by atoms with Crippen LogP contribution in [-0.2, 0) is 0 Å². The van der Waals surface area contributed by atoms with Gasteiger partial charge in [0.1, 0.15) is 11.5 Å². The first-order valence-electron chi connectivity index (χ1n) is 21.2. The van der Waals surface area contributed by atoms with Crippen molar-refractivity contribution in [2.24, 2.45) is 0 Å². The number of ether oxygens (including phenoxy) is 2. The normalized spacial score (nSPS) is 11.4. The Kier molecular flexibility index (Phi) is 27.6. The number of unbranched alkanes of at least 4 members (excludes halogenated alkanes) is 26. The van der Waals surface area contributed by atoms with Crippen LogP contribution in [0.2, 0.25) is 6.55 Å². The summed E-state index contributed by atoms with van der Waals surface area (Å²) in [5, 5.41) is 2.94. The molecule has 48 heavy (non-hydrogen) atoms. The lowest BCUT2D eigenvalue weighted by Gasteiger charge is -2.13. The highest BCUT2D eigenvalue weighted by Gasteiger charge is 2.11. The Morgan fingerprint density at radius 1 is 0.333 bits per heavy atom. The Bertz CT molecular complexity index is 863. The Morgan fingerprint density at radius 3 is 0.812 bits per heavy atom. The second-order valence-electron chi connectivity index (χ2n) is 14.7. The maximum atomic E-state index is 6.07. The second kappa shape index (κ2) is 31.3. The highest BCUT2D eigenvalue weighted by atomic mass is 28.3. The van der Waals surface area contributed by atoms with Crippen molar-refractivity contribution in [1.29, 1.82) is 0 Å². The van der Waals surface area contributed by atoms with E-state index >= 15 is 0 Å². The standard InChI is InChI=1S/C45H78O2Si/c1-4-6-8-10-12-14-16-18-20-22-24-26-28-30-40-46-42-32-36-44(37-33-42)48(3)45-38-34-43(35-39-45)47-41-31-29-27-25-23-21-19-17-15-13-11-9-7-5-2/h32-39,48H,4-31,40-41H2,1-3H3. The largest absolute Gasteiger partial charge is 0.494 e. The third-order valence-corrected chi connectivity index (χ3v) is 13.1. The monoisotopic (exact) mass is 679 g/mol. The van der Waals surface area contributed by atoms with Crippen molar-refractivity contribution in [3.63, 3.8) is 0 Å². The molecule has 274 valence electrons. The van der Waals surface area contributed by atoms with Gasteiger partial charge in [0.2, 0.25) is 0 Å². The minimum Gasteiger partial charge on any atom is -0.494 e. The average molecular weight is 679 g/mol. The van der Waals surface area contributed by atoms with Crippen LogP contribution in [0.3, 0.4) is 0 Å². The molecule has 2 aromatic rings. The van der Waals surface area contributed by atoms with E-state index in [4.69, 9.17) is 9.47 Å². The molecule has 0 heterocycles. The quantitative estimate of drug-likeness (QED) is 0.0542. The summed E-state index contributed by atoms with van der Waals surface area (Å²) in [6, 6.07) is 17.9. The number of hydrogen-bond acceptors (Lipinski definition) is 2. The Hall–Kier alpha value is -1.74. The van der Waals surface area contributed by atoms with Gasteiger partial charge in [-0.2, -0.15) is 0 Å². The van der Waals surface area contributed by atoms with E-state index in [1.807, 2.05) is 0 Å². The highest BCUT2D eigenvalue weighted by Crippen LogP contribution is 2.16. The van der Waals surface area contributed by atoms with Crippen molar-refractivity contribution in [3.05, 3.63) is 48.5 Å². The van der Waals surface area contributed by atoms with E-state index in [2.05, 4.69) is 68.9 Å². The van der Waals surface area contributed by atoms with Crippen molar-refractivity contribution in [2.45, 2.75) is 200 Å². The minimum atomic E-state index is -1.20. The lowest BCUT2D eigenvalue weighted by atomic mass is 10.0. The fourth-order valence-electron chi connectivity index (χ4n) is 6.87. The van der Waals surface area contributed by atoms with Gasteiger partial charge in [0.15, 0.2) is 0 Å². The second-order valence-corrected chi connectivity index (χ2v) is 17.5. The van der Waals surface area contributed by atoms with E-state index < -0.39 is 8.80 Å². The molecule has 0 saturated heterocycles. The fourth-order valence-corrected chi connectivity index (χ4v) is 8.80. The van der Waals surface area contributed by atoms with E-state index in [0.717, 1.165) is 24.7 Å². The first-order valence-corrected chi connectivity index (χ1v) is 23.5. The molecule has 0 bridgehead atoms. The van der Waals surface area contributed by atoms with Gasteiger partial charge in [-0.15, -0.1) is 0 Å². The van der Waals surface area contributed by atoms with Gasteiger partial charge in [-0.25, -0.2) is 0 Å². The van der Waals surface area contributed by atoms with Crippen LogP contribution in [0.1, 0.15) is 194 Å². The summed E-state index contributed by atoms with van der Waals surface area (Å²) < 4.78 is 12.1. The van der Waals surface area contributed by atoms with Crippen LogP contribution >= 0.6 is 0 Å². The van der Waals surface area contributed by atoms with Crippen LogP contribution in [0.15, 0.2) is 48.5 Å². The predicted molar refractivity (Wildman–Crippen MR) is 217 cm³/mol. The zero-order valence-electron chi connectivity index (χ0n) is 32.2. The third kappa shape index (κ3) is 22.8. The summed E-state index contributed by atoms with van der Waals surface area (Å²) in [6.45, 7) is 8.70. The molecule has 0 fully saturated rings. The van der Waals surface area contributed by atoms with Gasteiger partial charge in [-0.05, 0) is 37.1 Å². The summed E-state index contributed by atoms with van der Waals surface area (Å²) >= 11 is 0. The Labute approximate surface area is 301 Å². The van der Waals surface area contributed by atoms with Gasteiger partial charge in [0.05, 0.1) is 22.0 Å². The summed E-state index contributed by atoms with van der Waals surface area (Å²) in [7, 11) is -1.20. The molecule has 2 rings (SSSR count). The smallest absolute Gasteiger partial charge is 0.119 e. The molecule has 0 N–H and O–H groups in total. The molecular weight excluding hydrogens is 601 g/mol. The van der Waals surface area contributed by atoms with Gasteiger partial charge < -0.3 is 9.47 Å². The summed E-state index contributed by atoms with van der Waals surface area (Å²) in [5.41, 5.74) is 0. The fraction of sp³-hybridized carbons (Fsp3) is 0.733. The third-order valence-electron chi connectivity index (χ3n) is 10.3. The zero-order chi connectivity index (χ0) is 34.2. The number of hydrogen-bond donors (Lipinski definition) is 0. The highest BCUT2D eigenvalue weighted by molar-refractivity contribution is 6.84. The van der Waals surface area contributed by atoms with Gasteiger partial charge >= 0.3 is 0 Å². The molecule has 2 nitrogen and oxygen atoms in total. The molecule has 0 aliphatic heterocycles. The molecule has 0 aromatic heterocycles. The van der Waals surface area contributed by atoms with Gasteiger partial charge in [-0.3, -0.25) is 0 Å². The maximum absolute atomic E-state index is 6.07. The summed E-state index contributed by atoms with van der Waals surface area (Å²) in [6.07, 6.45) is 39.0. The van der Waals surface area contributed by atoms with Crippen molar-refractivity contribution < 1.29 is 9.47 Å². The minimum absolute atomic E-state index is 0.838. The zero-order valence-corrected chi connectivity index (χ0v) is 33.4. The van der Waals surface area contributed by atoms with Crippen LogP contribution in [0.4, 0.5) is 0 Å². The van der Waals surface area contributed by atoms with Crippen molar-refractivity contribution in [1.82, 2.24) is 0 Å². The van der Waals surface area contributed by atoms with E-state index in [0.29, 0.717) is 0 Å². The lowest BCUT2D eigenvalue weighted by Crippen LogP contribution is -2.38. The van der Waals surface area contributed by atoms with E-state index in [9.17, 15) is 0 Å². The predicted octanol–water partition coefficient (Wildman–Crippen LogP) is 13.4. The van der Waals surface area contributed by atoms with Crippen LogP contribution in [0.5, 0.6) is 11.5 Å². The molecule has 0 radical (unpaired) electrons. The summed E-state index contributed by atoms with van der Waals surface area (Å²) in [4.78, 5) is 0. The molecule has 0 spiro atoms. The van der Waals surface area contributed by atoms with Gasteiger partial charge in [-0.1, -0.05) is 222 Å². The first kappa shape index (κ1) is 42.4. The molecular formula is C45H78O2Si. The van der Waals surface area contributed by atoms with E-state index in [-0.39, 0.29) is 0 Å². The van der Waals surface area contributed by atoms with Crippen molar-refractivity contribution in [2.75, 3.05) is 13.2 Å². The SMILES string of the molecule is CCCCCCCCCCCCCCCCOc1ccc([SiH](C)c2ccc(OCCCCCCCCCCCCCCCC)cc2)cc1. The maximum Gasteiger partial charge on any atom is 0.119 e. The van der Waals surface area contributed by atoms with Gasteiger partial charge in [0.25, 0.3) is 0 Å². The molecule has 0 aliphatic rings. The van der Waals surface area contributed by atoms with Crippen LogP contribution in [-0.4, -0.2) is 22.0 Å². The van der Waals surface area contributed by atoms with Crippen molar-refractivity contribution >= 4 is 19.2 Å². The Balaban J connectivity index is 1.44. The molecule has 2 aromatic carbocycles.